The molecule has 2 N–H and O–H groups in total. The molecule has 0 unspecified atom stereocenters. The van der Waals surface area contributed by atoms with Crippen molar-refractivity contribution < 1.29 is 9.59 Å². The Balaban J connectivity index is 0.00000364. The van der Waals surface area contributed by atoms with E-state index in [9.17, 15) is 9.59 Å². The van der Waals surface area contributed by atoms with Gasteiger partial charge in [-0.1, -0.05) is 64.7 Å². The summed E-state index contributed by atoms with van der Waals surface area (Å²) in [5.74, 6) is 0.159. The van der Waals surface area contributed by atoms with Crippen LogP contribution in [0.5, 0.6) is 0 Å². The Morgan fingerprint density at radius 1 is 0.963 bits per heavy atom. The number of hydrogen-bond donors (Lipinski definition) is 2. The van der Waals surface area contributed by atoms with Gasteiger partial charge in [-0.3, -0.25) is 9.59 Å². The molecular weight excluding hydrogens is 362 g/mol. The molecule has 2 aliphatic heterocycles. The summed E-state index contributed by atoms with van der Waals surface area (Å²) < 4.78 is 0. The van der Waals surface area contributed by atoms with Gasteiger partial charge in [0.05, 0.1) is 6.04 Å². The minimum absolute atomic E-state index is 0. The van der Waals surface area contributed by atoms with Crippen molar-refractivity contribution in [3.05, 3.63) is 0 Å². The number of hydrogen-bond acceptors (Lipinski definition) is 3. The Labute approximate surface area is 171 Å². The van der Waals surface area contributed by atoms with Crippen LogP contribution in [0.1, 0.15) is 90.4 Å². The second-order valence-corrected chi connectivity index (χ2v) is 7.96. The van der Waals surface area contributed by atoms with Crippen LogP contribution in [-0.2, 0) is 9.59 Å². The molecule has 0 aromatic heterocycles. The van der Waals surface area contributed by atoms with Crippen molar-refractivity contribution in [2.75, 3.05) is 19.6 Å². The molecule has 2 rings (SSSR count). The molecule has 2 heterocycles. The second-order valence-electron chi connectivity index (χ2n) is 7.96. The molecule has 0 spiro atoms. The number of nitrogens with zero attached hydrogens (tertiary/aromatic N) is 1. The maximum absolute atomic E-state index is 12.4. The lowest BCUT2D eigenvalue weighted by Crippen LogP contribution is -2.61. The van der Waals surface area contributed by atoms with Crippen molar-refractivity contribution >= 4 is 24.2 Å². The molecule has 5 nitrogen and oxygen atoms in total. The Morgan fingerprint density at radius 3 is 2.11 bits per heavy atom. The van der Waals surface area contributed by atoms with Crippen molar-refractivity contribution in [2.24, 2.45) is 0 Å². The minimum Gasteiger partial charge on any atom is -0.354 e. The number of nitrogens with one attached hydrogen (secondary N) is 2. The SMILES string of the molecule is CCCCCCCCCCCCNC(=O)[C@@H]1CCN1C(=O)[C@@H]1CCCN1.Cl. The molecule has 27 heavy (non-hydrogen) atoms. The number of rotatable bonds is 13. The van der Waals surface area contributed by atoms with Crippen LogP contribution in [0.25, 0.3) is 0 Å². The molecule has 2 saturated heterocycles. The van der Waals surface area contributed by atoms with Gasteiger partial charge in [-0.2, -0.15) is 0 Å². The quantitative estimate of drug-likeness (QED) is 0.461. The van der Waals surface area contributed by atoms with E-state index in [0.29, 0.717) is 0 Å². The monoisotopic (exact) mass is 401 g/mol. The third-order valence-corrected chi connectivity index (χ3v) is 5.79. The maximum Gasteiger partial charge on any atom is 0.242 e. The van der Waals surface area contributed by atoms with Crippen LogP contribution in [0, 0.1) is 0 Å². The molecule has 0 radical (unpaired) electrons. The molecule has 6 heteroatoms. The van der Waals surface area contributed by atoms with Crippen LogP contribution >= 0.6 is 12.4 Å². The van der Waals surface area contributed by atoms with Crippen molar-refractivity contribution in [1.29, 1.82) is 0 Å². The van der Waals surface area contributed by atoms with Gasteiger partial charge in [0, 0.05) is 13.1 Å². The summed E-state index contributed by atoms with van der Waals surface area (Å²) in [6, 6.07) is -0.291. The van der Waals surface area contributed by atoms with Gasteiger partial charge in [-0.25, -0.2) is 0 Å². The van der Waals surface area contributed by atoms with Gasteiger partial charge in [0.1, 0.15) is 6.04 Å². The van der Waals surface area contributed by atoms with Crippen molar-refractivity contribution in [1.82, 2.24) is 15.5 Å². The average Bonchev–Trinajstić information content (AvgIpc) is 3.13. The van der Waals surface area contributed by atoms with E-state index in [2.05, 4.69) is 17.6 Å². The standard InChI is InChI=1S/C21H39N3O2.ClH/c1-2-3-4-5-6-7-8-9-10-11-15-23-20(25)19-14-17-24(19)21(26)18-13-12-16-22-18;/h18-19,22H,2-17H2,1H3,(H,23,25);1H/t18-,19-;/m0./s1. The number of amides is 2. The fourth-order valence-corrected chi connectivity index (χ4v) is 3.96. The fraction of sp³-hybridized carbons (Fsp3) is 0.905. The molecule has 0 aromatic rings. The molecule has 2 fully saturated rings. The van der Waals surface area contributed by atoms with Crippen LogP contribution in [0.15, 0.2) is 0 Å². The number of carbonyl (C=O) groups excluding carboxylic acids is 2. The molecule has 2 atom stereocenters. The van der Waals surface area contributed by atoms with Gasteiger partial charge in [-0.15, -0.1) is 12.4 Å². The molecular formula is C21H40ClN3O2. The summed E-state index contributed by atoms with van der Waals surface area (Å²) in [6.07, 6.45) is 15.8. The predicted octanol–water partition coefficient (Wildman–Crippen LogP) is 3.80. The van der Waals surface area contributed by atoms with E-state index in [1.54, 1.807) is 4.90 Å². The summed E-state index contributed by atoms with van der Waals surface area (Å²) in [4.78, 5) is 26.4. The smallest absolute Gasteiger partial charge is 0.242 e. The van der Waals surface area contributed by atoms with Crippen LogP contribution < -0.4 is 10.6 Å². The summed E-state index contributed by atoms with van der Waals surface area (Å²) in [5.41, 5.74) is 0. The maximum atomic E-state index is 12.4. The molecule has 0 aromatic carbocycles. The van der Waals surface area contributed by atoms with Gasteiger partial charge in [0.2, 0.25) is 11.8 Å². The van der Waals surface area contributed by atoms with Crippen LogP contribution in [0.4, 0.5) is 0 Å². The Hall–Kier alpha value is -0.810. The van der Waals surface area contributed by atoms with E-state index in [-0.39, 0.29) is 36.3 Å². The van der Waals surface area contributed by atoms with Crippen LogP contribution in [0.2, 0.25) is 0 Å². The topological polar surface area (TPSA) is 61.4 Å². The van der Waals surface area contributed by atoms with Gasteiger partial charge in [0.15, 0.2) is 0 Å². The Morgan fingerprint density at radius 2 is 1.59 bits per heavy atom. The minimum atomic E-state index is -0.229. The first-order chi connectivity index (χ1) is 12.7. The van der Waals surface area contributed by atoms with Crippen molar-refractivity contribution in [3.8, 4) is 0 Å². The Kier molecular flexibility index (Phi) is 12.8. The van der Waals surface area contributed by atoms with Crippen molar-refractivity contribution in [3.63, 3.8) is 0 Å². The van der Waals surface area contributed by atoms with E-state index < -0.39 is 0 Å². The second kappa shape index (κ2) is 14.2. The van der Waals surface area contributed by atoms with Crippen molar-refractivity contribution in [2.45, 2.75) is 102 Å². The van der Waals surface area contributed by atoms with Gasteiger partial charge < -0.3 is 15.5 Å². The lowest BCUT2D eigenvalue weighted by atomic mass is 10.00. The zero-order chi connectivity index (χ0) is 18.6. The highest BCUT2D eigenvalue weighted by Crippen LogP contribution is 2.21. The first kappa shape index (κ1) is 24.2. The normalized spacial score (nSPS) is 21.4. The van der Waals surface area contributed by atoms with Crippen LogP contribution in [0.3, 0.4) is 0 Å². The lowest BCUT2D eigenvalue weighted by molar-refractivity contribution is -0.148. The molecule has 158 valence electrons. The average molecular weight is 402 g/mol. The Bertz CT molecular complexity index is 428. The zero-order valence-electron chi connectivity index (χ0n) is 17.1. The number of halogens is 1. The summed E-state index contributed by atoms with van der Waals surface area (Å²) in [5, 5.41) is 6.26. The largest absolute Gasteiger partial charge is 0.354 e. The lowest BCUT2D eigenvalue weighted by Gasteiger charge is -2.41. The number of carbonyl (C=O) groups is 2. The highest BCUT2D eigenvalue weighted by atomic mass is 35.5. The summed E-state index contributed by atoms with van der Waals surface area (Å²) >= 11 is 0. The van der Waals surface area contributed by atoms with E-state index in [0.717, 1.165) is 45.3 Å². The third kappa shape index (κ3) is 8.39. The molecule has 2 amide bonds. The molecule has 0 bridgehead atoms. The van der Waals surface area contributed by atoms with Crippen LogP contribution in [-0.4, -0.2) is 48.4 Å². The van der Waals surface area contributed by atoms with E-state index in [1.807, 2.05) is 0 Å². The van der Waals surface area contributed by atoms with E-state index >= 15 is 0 Å². The predicted molar refractivity (Wildman–Crippen MR) is 113 cm³/mol. The summed E-state index contributed by atoms with van der Waals surface area (Å²) in [7, 11) is 0. The van der Waals surface area contributed by atoms with Gasteiger partial charge in [0.25, 0.3) is 0 Å². The molecule has 2 aliphatic rings. The highest BCUT2D eigenvalue weighted by molar-refractivity contribution is 5.91. The van der Waals surface area contributed by atoms with Gasteiger partial charge in [-0.05, 0) is 32.2 Å². The third-order valence-electron chi connectivity index (χ3n) is 5.79. The van der Waals surface area contributed by atoms with Gasteiger partial charge >= 0.3 is 0 Å². The van der Waals surface area contributed by atoms with E-state index in [1.165, 1.54) is 57.8 Å². The first-order valence-corrected chi connectivity index (χ1v) is 11.1. The first-order valence-electron chi connectivity index (χ1n) is 11.1. The molecule has 0 aliphatic carbocycles. The highest BCUT2D eigenvalue weighted by Gasteiger charge is 2.40. The fourth-order valence-electron chi connectivity index (χ4n) is 3.96. The molecule has 0 saturated carbocycles. The van der Waals surface area contributed by atoms with E-state index in [4.69, 9.17) is 0 Å². The zero-order valence-corrected chi connectivity index (χ0v) is 18.0. The number of unbranched alkanes of at least 4 members (excludes halogenated alkanes) is 9. The number of likely N-dealkylation sites (tertiary alicyclic amines) is 1. The summed E-state index contributed by atoms with van der Waals surface area (Å²) in [6.45, 7) is 4.65.